The van der Waals surface area contributed by atoms with Crippen molar-refractivity contribution in [3.63, 3.8) is 0 Å². The zero-order chi connectivity index (χ0) is 14.5. The fraction of sp³-hybridized carbons (Fsp3) is 0.533. The zero-order valence-electron chi connectivity index (χ0n) is 12.4. The first-order chi connectivity index (χ1) is 9.63. The molecule has 0 bridgehead atoms. The Hall–Kier alpha value is -1.75. The zero-order valence-corrected chi connectivity index (χ0v) is 12.4. The molecule has 0 aliphatic rings. The fourth-order valence-electron chi connectivity index (χ4n) is 2.19. The summed E-state index contributed by atoms with van der Waals surface area (Å²) in [7, 11) is 0. The number of benzene rings is 1. The van der Waals surface area contributed by atoms with Crippen LogP contribution >= 0.6 is 0 Å². The Morgan fingerprint density at radius 1 is 1.35 bits per heavy atom. The highest BCUT2D eigenvalue weighted by molar-refractivity contribution is 5.84. The predicted octanol–water partition coefficient (Wildman–Crippen LogP) is 2.83. The highest BCUT2D eigenvalue weighted by Crippen LogP contribution is 2.27. The van der Waals surface area contributed by atoms with Crippen molar-refractivity contribution in [2.75, 3.05) is 18.9 Å². The van der Waals surface area contributed by atoms with E-state index in [4.69, 9.17) is 15.2 Å². The molecule has 0 atom stereocenters. The van der Waals surface area contributed by atoms with Gasteiger partial charge in [0.05, 0.1) is 11.6 Å². The average Bonchev–Trinajstić information content (AvgIpc) is 2.72. The Bertz CT molecular complexity index is 563. The Kier molecular flexibility index (Phi) is 4.84. The van der Waals surface area contributed by atoms with Gasteiger partial charge in [0.1, 0.15) is 11.3 Å². The summed E-state index contributed by atoms with van der Waals surface area (Å²) in [5.41, 5.74) is 7.86. The maximum atomic E-state index is 6.02. The van der Waals surface area contributed by atoms with Crippen molar-refractivity contribution in [1.82, 2.24) is 9.55 Å². The van der Waals surface area contributed by atoms with E-state index < -0.39 is 0 Å². The van der Waals surface area contributed by atoms with E-state index in [0.717, 1.165) is 43.0 Å². The van der Waals surface area contributed by atoms with E-state index in [9.17, 15) is 0 Å². The van der Waals surface area contributed by atoms with Crippen molar-refractivity contribution in [2.24, 2.45) is 0 Å². The van der Waals surface area contributed by atoms with Gasteiger partial charge in [0, 0.05) is 19.8 Å². The first-order valence-corrected chi connectivity index (χ1v) is 7.12. The lowest BCUT2D eigenvalue weighted by molar-refractivity contribution is 0.142. The van der Waals surface area contributed by atoms with Crippen LogP contribution in [0.25, 0.3) is 11.0 Å². The number of imidazole rings is 1. The lowest BCUT2D eigenvalue weighted by atomic mass is 10.3. The molecule has 1 aromatic heterocycles. The molecule has 0 aliphatic heterocycles. The lowest BCUT2D eigenvalue weighted by Gasteiger charge is -2.10. The van der Waals surface area contributed by atoms with Gasteiger partial charge in [-0.2, -0.15) is 0 Å². The number of nitrogen functional groups attached to an aromatic ring is 1. The van der Waals surface area contributed by atoms with Crippen LogP contribution in [-0.2, 0) is 11.3 Å². The molecule has 1 heterocycles. The van der Waals surface area contributed by atoms with Crippen LogP contribution in [0.5, 0.6) is 5.75 Å². The van der Waals surface area contributed by atoms with Crippen LogP contribution in [0, 0.1) is 0 Å². The highest BCUT2D eigenvalue weighted by atomic mass is 16.5. The molecule has 110 valence electrons. The number of rotatable bonds is 7. The number of nitrogens with zero attached hydrogens (tertiary/aromatic N) is 2. The SMILES string of the molecule is CCOCCCn1c(N)nc2c(OC(C)C)cccc21. The quantitative estimate of drug-likeness (QED) is 0.790. The largest absolute Gasteiger partial charge is 0.489 e. The summed E-state index contributed by atoms with van der Waals surface area (Å²) in [4.78, 5) is 4.44. The Labute approximate surface area is 119 Å². The van der Waals surface area contributed by atoms with Crippen molar-refractivity contribution in [1.29, 1.82) is 0 Å². The van der Waals surface area contributed by atoms with Crippen LogP contribution in [0.15, 0.2) is 18.2 Å². The third kappa shape index (κ3) is 3.22. The first kappa shape index (κ1) is 14.7. The minimum Gasteiger partial charge on any atom is -0.489 e. The fourth-order valence-corrected chi connectivity index (χ4v) is 2.19. The lowest BCUT2D eigenvalue weighted by Crippen LogP contribution is -2.06. The van der Waals surface area contributed by atoms with Crippen molar-refractivity contribution < 1.29 is 9.47 Å². The van der Waals surface area contributed by atoms with E-state index in [0.29, 0.717) is 5.95 Å². The van der Waals surface area contributed by atoms with E-state index in [1.54, 1.807) is 0 Å². The number of anilines is 1. The number of aromatic nitrogens is 2. The molecule has 0 saturated heterocycles. The number of nitrogens with two attached hydrogens (primary N) is 1. The molecule has 0 aliphatic carbocycles. The number of ether oxygens (including phenoxy) is 2. The van der Waals surface area contributed by atoms with Gasteiger partial charge in [-0.25, -0.2) is 4.98 Å². The smallest absolute Gasteiger partial charge is 0.201 e. The molecule has 0 spiro atoms. The van der Waals surface area contributed by atoms with Gasteiger partial charge in [-0.15, -0.1) is 0 Å². The topological polar surface area (TPSA) is 62.3 Å². The molecule has 0 fully saturated rings. The molecule has 20 heavy (non-hydrogen) atoms. The van der Waals surface area contributed by atoms with Crippen molar-refractivity contribution in [2.45, 2.75) is 39.8 Å². The molecule has 2 aromatic rings. The van der Waals surface area contributed by atoms with Crippen LogP contribution in [0.2, 0.25) is 0 Å². The molecule has 0 saturated carbocycles. The van der Waals surface area contributed by atoms with Gasteiger partial charge in [-0.1, -0.05) is 6.07 Å². The van der Waals surface area contributed by atoms with Gasteiger partial charge in [-0.05, 0) is 39.3 Å². The summed E-state index contributed by atoms with van der Waals surface area (Å²) in [5, 5.41) is 0. The van der Waals surface area contributed by atoms with Gasteiger partial charge >= 0.3 is 0 Å². The molecule has 0 radical (unpaired) electrons. The summed E-state index contributed by atoms with van der Waals surface area (Å²) >= 11 is 0. The number of hydrogen-bond donors (Lipinski definition) is 1. The molecule has 5 heteroatoms. The monoisotopic (exact) mass is 277 g/mol. The molecule has 2 rings (SSSR count). The van der Waals surface area contributed by atoms with E-state index in [1.807, 2.05) is 43.5 Å². The number of fused-ring (bicyclic) bond motifs is 1. The van der Waals surface area contributed by atoms with Crippen LogP contribution in [-0.4, -0.2) is 28.9 Å². The number of para-hydroxylation sites is 1. The molecule has 2 N–H and O–H groups in total. The summed E-state index contributed by atoms with van der Waals surface area (Å²) in [6, 6.07) is 5.92. The number of hydrogen-bond acceptors (Lipinski definition) is 4. The first-order valence-electron chi connectivity index (χ1n) is 7.12. The van der Waals surface area contributed by atoms with Gasteiger partial charge in [0.15, 0.2) is 0 Å². The van der Waals surface area contributed by atoms with Crippen LogP contribution < -0.4 is 10.5 Å². The van der Waals surface area contributed by atoms with Crippen LogP contribution in [0.3, 0.4) is 0 Å². The van der Waals surface area contributed by atoms with Gasteiger partial charge in [0.25, 0.3) is 0 Å². The maximum Gasteiger partial charge on any atom is 0.201 e. The van der Waals surface area contributed by atoms with E-state index in [-0.39, 0.29) is 6.10 Å². The van der Waals surface area contributed by atoms with E-state index in [1.165, 1.54) is 0 Å². The second kappa shape index (κ2) is 6.61. The second-order valence-corrected chi connectivity index (χ2v) is 4.96. The third-order valence-corrected chi connectivity index (χ3v) is 3.01. The average molecular weight is 277 g/mol. The minimum atomic E-state index is 0.116. The summed E-state index contributed by atoms with van der Waals surface area (Å²) in [5.74, 6) is 1.31. The molecule has 0 unspecified atom stereocenters. The molecule has 5 nitrogen and oxygen atoms in total. The maximum absolute atomic E-state index is 6.02. The molecular weight excluding hydrogens is 254 g/mol. The van der Waals surface area contributed by atoms with Gasteiger partial charge < -0.3 is 19.8 Å². The number of aryl methyl sites for hydroxylation is 1. The third-order valence-electron chi connectivity index (χ3n) is 3.01. The highest BCUT2D eigenvalue weighted by Gasteiger charge is 2.12. The Morgan fingerprint density at radius 2 is 2.15 bits per heavy atom. The normalized spacial score (nSPS) is 11.4. The van der Waals surface area contributed by atoms with E-state index >= 15 is 0 Å². The van der Waals surface area contributed by atoms with Gasteiger partial charge in [0.2, 0.25) is 5.95 Å². The molecule has 1 aromatic carbocycles. The molecule has 0 amide bonds. The minimum absolute atomic E-state index is 0.116. The van der Waals surface area contributed by atoms with Crippen LogP contribution in [0.1, 0.15) is 27.2 Å². The second-order valence-electron chi connectivity index (χ2n) is 4.96. The van der Waals surface area contributed by atoms with Crippen molar-refractivity contribution in [3.05, 3.63) is 18.2 Å². The Morgan fingerprint density at radius 3 is 2.85 bits per heavy atom. The summed E-state index contributed by atoms with van der Waals surface area (Å²) in [6.07, 6.45) is 1.03. The Balaban J connectivity index is 2.24. The summed E-state index contributed by atoms with van der Waals surface area (Å²) in [6.45, 7) is 8.27. The van der Waals surface area contributed by atoms with Crippen molar-refractivity contribution in [3.8, 4) is 5.75 Å². The standard InChI is InChI=1S/C15H23N3O2/c1-4-19-10-6-9-18-12-7-5-8-13(20-11(2)3)14(12)17-15(18)16/h5,7-8,11H,4,6,9-10H2,1-3H3,(H2,16,17). The summed E-state index contributed by atoms with van der Waals surface area (Å²) < 4.78 is 13.2. The van der Waals surface area contributed by atoms with E-state index in [2.05, 4.69) is 4.98 Å². The van der Waals surface area contributed by atoms with Gasteiger partial charge in [-0.3, -0.25) is 0 Å². The predicted molar refractivity (Wildman–Crippen MR) is 81.0 cm³/mol. The van der Waals surface area contributed by atoms with Crippen LogP contribution in [0.4, 0.5) is 5.95 Å². The molecular formula is C15H23N3O2. The van der Waals surface area contributed by atoms with Crippen molar-refractivity contribution >= 4 is 17.0 Å².